The molecular weight excluding hydrogens is 947 g/mol. The van der Waals surface area contributed by atoms with Crippen LogP contribution in [-0.2, 0) is 0 Å². The summed E-state index contributed by atoms with van der Waals surface area (Å²) in [6, 6.07) is 1.04. The van der Waals surface area contributed by atoms with E-state index in [2.05, 4.69) is 32.6 Å². The average molecular weight is 1080 g/mol. The number of hydrogen-bond acceptors (Lipinski definition) is 21. The maximum atomic E-state index is 9.18. The Morgan fingerprint density at radius 3 is 0.795 bits per heavy atom. The van der Waals surface area contributed by atoms with Crippen molar-refractivity contribution in [3.8, 4) is 0 Å². The van der Waals surface area contributed by atoms with Crippen molar-refractivity contribution in [2.45, 2.75) is 204 Å². The zero-order valence-corrected chi connectivity index (χ0v) is 51.4. The van der Waals surface area contributed by atoms with Gasteiger partial charge in [-0.2, -0.15) is 0 Å². The summed E-state index contributed by atoms with van der Waals surface area (Å²) in [6.45, 7) is 40.8. The van der Waals surface area contributed by atoms with E-state index in [1.807, 2.05) is 103 Å². The molecule has 0 aliphatic heterocycles. The van der Waals surface area contributed by atoms with Crippen molar-refractivity contribution in [1.29, 1.82) is 0 Å². The van der Waals surface area contributed by atoms with E-state index in [4.69, 9.17) is 72.1 Å². The number of likely N-dealkylation sites (N-methyl/N-ethyl adjacent to an activating group) is 2. The molecular formula is C52H131N7O14. The summed E-state index contributed by atoms with van der Waals surface area (Å²) < 4.78 is 0. The third-order valence-electron chi connectivity index (χ3n) is 8.34. The number of β-amino-alcohol motifs (C(OH)–C–C–N with tert-alkyl or cyclic N) is 1. The van der Waals surface area contributed by atoms with E-state index in [-0.39, 0.29) is 76.5 Å². The predicted molar refractivity (Wildman–Crippen MR) is 306 cm³/mol. The second-order valence-corrected chi connectivity index (χ2v) is 19.3. The van der Waals surface area contributed by atoms with Crippen LogP contribution in [0.15, 0.2) is 0 Å². The fraction of sp³-hybridized carbons (Fsp3) is 1.00. The van der Waals surface area contributed by atoms with E-state index in [0.29, 0.717) is 57.9 Å². The first-order valence-electron chi connectivity index (χ1n) is 26.6. The number of hydrogen-bond donors (Lipinski definition) is 15. The molecule has 0 spiro atoms. The third kappa shape index (κ3) is 108. The highest BCUT2D eigenvalue weighted by Gasteiger charge is 2.21. The van der Waals surface area contributed by atoms with Gasteiger partial charge in [0, 0.05) is 96.3 Å². The van der Waals surface area contributed by atoms with E-state index >= 15 is 0 Å². The van der Waals surface area contributed by atoms with Gasteiger partial charge in [0.2, 0.25) is 0 Å². The molecule has 16 N–H and O–H groups in total. The Kier molecular flexibility index (Phi) is 92.2. The van der Waals surface area contributed by atoms with Crippen LogP contribution in [0, 0.1) is 0 Å². The highest BCUT2D eigenvalue weighted by Crippen LogP contribution is 2.12. The van der Waals surface area contributed by atoms with Crippen LogP contribution in [0.25, 0.3) is 0 Å². The molecule has 0 amide bonds. The number of unbranched alkanes of at least 4 members (excludes halogenated alkanes) is 2. The first-order valence-corrected chi connectivity index (χ1v) is 26.6. The molecule has 0 saturated heterocycles. The summed E-state index contributed by atoms with van der Waals surface area (Å²) in [7, 11) is 7.73. The molecule has 0 saturated carbocycles. The number of aliphatic hydroxyl groups excluding tert-OH is 14. The lowest BCUT2D eigenvalue weighted by Gasteiger charge is -2.34. The number of nitrogens with zero attached hydrogens (tertiary/aromatic N) is 6. The SMILES string of the molecule is CC.CC.CC(O)CN.CC(O)CN(C(C)C)C(C)C.CC(O)CN(C)C.CC(O)CN(CCO)CCO.CC(O)CN(CO)C(C)(C)C.CC(O)CN(CO)CC(C)O.CN(C)CCO.OCCCCCO. The zero-order chi connectivity index (χ0) is 60.3. The monoisotopic (exact) mass is 1080 g/mol. The van der Waals surface area contributed by atoms with Crippen LogP contribution in [0.1, 0.15) is 144 Å². The van der Waals surface area contributed by atoms with E-state index in [1.54, 1.807) is 46.4 Å². The van der Waals surface area contributed by atoms with Gasteiger partial charge in [0.15, 0.2) is 0 Å². The Labute approximate surface area is 449 Å². The van der Waals surface area contributed by atoms with E-state index in [1.165, 1.54) is 0 Å². The summed E-state index contributed by atoms with van der Waals surface area (Å²) >= 11 is 0. The third-order valence-corrected chi connectivity index (χ3v) is 8.34. The van der Waals surface area contributed by atoms with Crippen LogP contribution in [0.4, 0.5) is 0 Å². The van der Waals surface area contributed by atoms with Crippen molar-refractivity contribution in [1.82, 2.24) is 29.4 Å². The van der Waals surface area contributed by atoms with Crippen LogP contribution < -0.4 is 5.73 Å². The standard InChI is InChI=1S/C9H21NO.C8H19NO2.2C7H17NO3.C5H13NO.C5H12O2.C4H11NO.C3H9NO.2C2H6/c1-7(2)10(8(3)4)6-9(5)11;1-7(11)5-9(6-10)8(2,3)4;1-6(10)3-8(5-9)4-7(2)11;1-7(11)6-8(2-4-9)3-5-10;1-5(7)4-6(2)3;6-4-2-1-3-5-7;1-5(2)3-4-6;1-3(5)2-4;2*1-2/h7-9,11H,6H2,1-5H3;7,10-11H,5-6H2,1-4H3;6-7,9-11H,3-5H2,1-2H3;7,9-11H,2-6H2,1H3;5,7H,4H2,1-3H3;6-7H,1-5H2;6H,3-4H2,1-2H3;3,5H,2,4H2,1H3;2*1-2H3. The van der Waals surface area contributed by atoms with Gasteiger partial charge in [-0.15, -0.1) is 0 Å². The van der Waals surface area contributed by atoms with Crippen LogP contribution in [0.2, 0.25) is 0 Å². The number of nitrogens with two attached hydrogens (primary N) is 1. The zero-order valence-electron chi connectivity index (χ0n) is 51.4. The fourth-order valence-electron chi connectivity index (χ4n) is 5.20. The molecule has 0 fully saturated rings. The fourth-order valence-corrected chi connectivity index (χ4v) is 5.20. The second kappa shape index (κ2) is 71.2. The first kappa shape index (κ1) is 94.6. The second-order valence-electron chi connectivity index (χ2n) is 19.3. The highest BCUT2D eigenvalue weighted by molar-refractivity contribution is 4.75. The van der Waals surface area contributed by atoms with Crippen molar-refractivity contribution >= 4 is 0 Å². The van der Waals surface area contributed by atoms with E-state index in [9.17, 15) is 5.11 Å². The molecule has 0 bridgehead atoms. The molecule has 0 rings (SSSR count). The molecule has 73 heavy (non-hydrogen) atoms. The lowest BCUT2D eigenvalue weighted by molar-refractivity contribution is 0.000607. The summed E-state index contributed by atoms with van der Waals surface area (Å²) in [4.78, 5) is 11.4. The van der Waals surface area contributed by atoms with Crippen molar-refractivity contribution in [3.05, 3.63) is 0 Å². The minimum atomic E-state index is -0.471. The molecule has 7 unspecified atom stereocenters. The van der Waals surface area contributed by atoms with Crippen LogP contribution in [0.5, 0.6) is 0 Å². The predicted octanol–water partition coefficient (Wildman–Crippen LogP) is 0.546. The van der Waals surface area contributed by atoms with E-state index < -0.39 is 18.3 Å². The van der Waals surface area contributed by atoms with E-state index in [0.717, 1.165) is 38.9 Å². The summed E-state index contributed by atoms with van der Waals surface area (Å²) in [5.41, 5.74) is 4.84. The highest BCUT2D eigenvalue weighted by atomic mass is 16.3. The first-order chi connectivity index (χ1) is 33.7. The molecule has 21 heteroatoms. The smallest absolute Gasteiger partial charge is 0.0961 e. The van der Waals surface area contributed by atoms with Crippen LogP contribution in [0.3, 0.4) is 0 Å². The summed E-state index contributed by atoms with van der Waals surface area (Å²) in [5, 5.41) is 121. The van der Waals surface area contributed by atoms with Crippen molar-refractivity contribution in [2.24, 2.45) is 5.73 Å². The van der Waals surface area contributed by atoms with Gasteiger partial charge >= 0.3 is 0 Å². The Morgan fingerprint density at radius 1 is 0.370 bits per heavy atom. The molecule has 0 aliphatic rings. The Balaban J connectivity index is -0.0000000779. The van der Waals surface area contributed by atoms with Gasteiger partial charge in [-0.05, 0) is 144 Å². The Hall–Kier alpha value is -0.840. The molecule has 0 aromatic rings. The van der Waals surface area contributed by atoms with Gasteiger partial charge in [0.25, 0.3) is 0 Å². The minimum Gasteiger partial charge on any atom is -0.396 e. The normalized spacial score (nSPS) is 13.6. The molecule has 0 heterocycles. The number of rotatable bonds is 27. The van der Waals surface area contributed by atoms with Gasteiger partial charge in [-0.1, -0.05) is 27.7 Å². The lowest BCUT2D eigenvalue weighted by Crippen LogP contribution is -2.45. The van der Waals surface area contributed by atoms with Crippen LogP contribution in [-0.4, -0.2) is 301 Å². The van der Waals surface area contributed by atoms with Gasteiger partial charge in [-0.3, -0.25) is 19.6 Å². The minimum absolute atomic E-state index is 0.00556. The topological polar surface area (TPSA) is 329 Å². The molecule has 458 valence electrons. The Morgan fingerprint density at radius 2 is 0.671 bits per heavy atom. The van der Waals surface area contributed by atoms with Crippen molar-refractivity contribution in [3.63, 3.8) is 0 Å². The maximum Gasteiger partial charge on any atom is 0.0961 e. The van der Waals surface area contributed by atoms with Crippen molar-refractivity contribution < 1.29 is 71.5 Å². The quantitative estimate of drug-likeness (QED) is 0.0394. The molecule has 7 atom stereocenters. The van der Waals surface area contributed by atoms with Gasteiger partial charge in [0.05, 0.1) is 76.0 Å². The van der Waals surface area contributed by atoms with Gasteiger partial charge in [-0.25, -0.2) is 0 Å². The maximum absolute atomic E-state index is 9.18. The molecule has 0 aromatic heterocycles. The molecule has 0 radical (unpaired) electrons. The molecule has 21 nitrogen and oxygen atoms in total. The molecule has 0 aromatic carbocycles. The Bertz CT molecular complexity index is 871. The van der Waals surface area contributed by atoms with Gasteiger partial charge < -0.3 is 87.0 Å². The average Bonchev–Trinajstić information content (AvgIpc) is 3.26. The lowest BCUT2D eigenvalue weighted by atomic mass is 10.1. The largest absolute Gasteiger partial charge is 0.396 e. The summed E-state index contributed by atoms with van der Waals surface area (Å²) in [5.74, 6) is 0. The van der Waals surface area contributed by atoms with Gasteiger partial charge in [0.1, 0.15) is 0 Å². The van der Waals surface area contributed by atoms with Crippen molar-refractivity contribution in [2.75, 3.05) is 140 Å². The summed E-state index contributed by atoms with van der Waals surface area (Å²) in [6.07, 6.45) is 0.0785. The van der Waals surface area contributed by atoms with Crippen LogP contribution >= 0.6 is 0 Å². The molecule has 0 aliphatic carbocycles. The number of aliphatic hydroxyl groups is 14.